The van der Waals surface area contributed by atoms with E-state index in [0.29, 0.717) is 42.3 Å². The van der Waals surface area contributed by atoms with Gasteiger partial charge in [-0.15, -0.1) is 6.42 Å². The minimum atomic E-state index is -0.200. The molecular formula is C20H18ClN3O3. The van der Waals surface area contributed by atoms with E-state index in [1.807, 2.05) is 0 Å². The van der Waals surface area contributed by atoms with Gasteiger partial charge in [0.2, 0.25) is 11.5 Å². The lowest BCUT2D eigenvalue weighted by Crippen LogP contribution is -2.51. The highest BCUT2D eigenvalue weighted by Crippen LogP contribution is 2.19. The van der Waals surface area contributed by atoms with Crippen molar-refractivity contribution in [2.24, 2.45) is 0 Å². The van der Waals surface area contributed by atoms with Crippen LogP contribution in [0.1, 0.15) is 21.5 Å². The van der Waals surface area contributed by atoms with Gasteiger partial charge in [-0.25, -0.2) is 0 Å². The van der Waals surface area contributed by atoms with Gasteiger partial charge in [0.05, 0.1) is 11.4 Å². The number of pyridine rings is 1. The zero-order valence-corrected chi connectivity index (χ0v) is 15.3. The second-order valence-electron chi connectivity index (χ2n) is 6.25. The Morgan fingerprint density at radius 3 is 2.41 bits per heavy atom. The number of carbonyl (C=O) groups is 2. The van der Waals surface area contributed by atoms with Gasteiger partial charge in [0, 0.05) is 49.6 Å². The van der Waals surface area contributed by atoms with Gasteiger partial charge >= 0.3 is 0 Å². The number of aromatic nitrogens is 1. The molecule has 0 unspecified atom stereocenters. The Hall–Kier alpha value is -3.04. The molecular weight excluding hydrogens is 366 g/mol. The first-order chi connectivity index (χ1) is 13.0. The summed E-state index contributed by atoms with van der Waals surface area (Å²) >= 11 is 6.08. The van der Waals surface area contributed by atoms with Crippen LogP contribution in [-0.4, -0.2) is 52.8 Å². The molecule has 7 heteroatoms. The molecule has 0 bridgehead atoms. The zero-order valence-electron chi connectivity index (χ0n) is 14.6. The molecule has 1 N–H and O–H groups in total. The van der Waals surface area contributed by atoms with E-state index in [1.54, 1.807) is 40.3 Å². The van der Waals surface area contributed by atoms with Crippen LogP contribution in [0.5, 0.6) is 0 Å². The van der Waals surface area contributed by atoms with Crippen LogP contribution < -0.4 is 5.56 Å². The lowest BCUT2D eigenvalue weighted by molar-refractivity contribution is -0.131. The van der Waals surface area contributed by atoms with E-state index >= 15 is 0 Å². The van der Waals surface area contributed by atoms with Crippen molar-refractivity contribution in [1.29, 1.82) is 0 Å². The van der Waals surface area contributed by atoms with Crippen molar-refractivity contribution in [2.75, 3.05) is 26.2 Å². The van der Waals surface area contributed by atoms with Gasteiger partial charge in [-0.3, -0.25) is 14.4 Å². The van der Waals surface area contributed by atoms with E-state index in [4.69, 9.17) is 18.0 Å². The van der Waals surface area contributed by atoms with Gasteiger partial charge < -0.3 is 14.8 Å². The molecule has 0 spiro atoms. The summed E-state index contributed by atoms with van der Waals surface area (Å²) in [7, 11) is 0. The average Bonchev–Trinajstić information content (AvgIpc) is 2.69. The van der Waals surface area contributed by atoms with E-state index in [-0.39, 0.29) is 23.8 Å². The summed E-state index contributed by atoms with van der Waals surface area (Å²) in [6.45, 7) is 1.82. The number of nitrogens with one attached hydrogen (secondary N) is 1. The Kier molecular flexibility index (Phi) is 5.63. The number of nitrogens with zero attached hydrogens (tertiary/aromatic N) is 2. The first kappa shape index (κ1) is 18.7. The summed E-state index contributed by atoms with van der Waals surface area (Å²) < 4.78 is 0. The molecule has 1 aromatic carbocycles. The molecule has 2 aromatic rings. The highest BCUT2D eigenvalue weighted by Gasteiger charge is 2.25. The summed E-state index contributed by atoms with van der Waals surface area (Å²) in [4.78, 5) is 42.1. The number of rotatable bonds is 3. The van der Waals surface area contributed by atoms with Crippen LogP contribution in [-0.2, 0) is 11.2 Å². The second-order valence-corrected chi connectivity index (χ2v) is 6.66. The smallest absolute Gasteiger partial charge is 0.254 e. The van der Waals surface area contributed by atoms with E-state index in [1.165, 1.54) is 6.07 Å². The van der Waals surface area contributed by atoms with Gasteiger partial charge in [-0.05, 0) is 23.8 Å². The average molecular weight is 384 g/mol. The summed E-state index contributed by atoms with van der Waals surface area (Å²) in [5, 5.41) is 0.373. The number of aromatic amines is 1. The SMILES string of the molecule is C#Cc1ccc(C(=O)N2CCN(C(=O)Cc3ccc(=O)[nH]c3)CC2)cc1Cl. The fourth-order valence-electron chi connectivity index (χ4n) is 2.95. The molecule has 27 heavy (non-hydrogen) atoms. The van der Waals surface area contributed by atoms with E-state index in [9.17, 15) is 14.4 Å². The highest BCUT2D eigenvalue weighted by molar-refractivity contribution is 6.32. The predicted molar refractivity (Wildman–Crippen MR) is 103 cm³/mol. The fraction of sp³-hybridized carbons (Fsp3) is 0.250. The molecule has 2 amide bonds. The summed E-state index contributed by atoms with van der Waals surface area (Å²) in [6.07, 6.45) is 7.10. The molecule has 0 saturated carbocycles. The molecule has 0 aliphatic carbocycles. The van der Waals surface area contributed by atoms with Crippen LogP contribution in [0.25, 0.3) is 0 Å². The third kappa shape index (κ3) is 4.39. The number of H-pyrrole nitrogens is 1. The number of halogens is 1. The van der Waals surface area contributed by atoms with Gasteiger partial charge in [0.1, 0.15) is 0 Å². The third-order valence-corrected chi connectivity index (χ3v) is 4.81. The van der Waals surface area contributed by atoms with Crippen molar-refractivity contribution in [3.8, 4) is 12.3 Å². The molecule has 2 heterocycles. The quantitative estimate of drug-likeness (QED) is 0.817. The van der Waals surface area contributed by atoms with Crippen LogP contribution >= 0.6 is 11.6 Å². The zero-order chi connectivity index (χ0) is 19.4. The minimum absolute atomic E-state index is 0.0319. The van der Waals surface area contributed by atoms with E-state index < -0.39 is 0 Å². The number of benzene rings is 1. The Morgan fingerprint density at radius 1 is 1.11 bits per heavy atom. The second kappa shape index (κ2) is 8.11. The van der Waals surface area contributed by atoms with Gasteiger partial charge in [0.25, 0.3) is 5.91 Å². The predicted octanol–water partition coefficient (Wildman–Crippen LogP) is 1.54. The number of piperazine rings is 1. The molecule has 6 nitrogen and oxygen atoms in total. The first-order valence-corrected chi connectivity index (χ1v) is 8.86. The van der Waals surface area contributed by atoms with Crippen molar-refractivity contribution >= 4 is 23.4 Å². The van der Waals surface area contributed by atoms with Crippen molar-refractivity contribution in [1.82, 2.24) is 14.8 Å². The number of carbonyl (C=O) groups excluding carboxylic acids is 2. The van der Waals surface area contributed by atoms with E-state index in [2.05, 4.69) is 10.9 Å². The minimum Gasteiger partial charge on any atom is -0.339 e. The van der Waals surface area contributed by atoms with E-state index in [0.717, 1.165) is 5.56 Å². The third-order valence-electron chi connectivity index (χ3n) is 4.50. The van der Waals surface area contributed by atoms with Crippen molar-refractivity contribution in [3.63, 3.8) is 0 Å². The highest BCUT2D eigenvalue weighted by atomic mass is 35.5. The molecule has 0 radical (unpaired) electrons. The normalized spacial score (nSPS) is 13.9. The van der Waals surface area contributed by atoms with Gasteiger partial charge in [-0.1, -0.05) is 23.6 Å². The monoisotopic (exact) mass is 383 g/mol. The summed E-state index contributed by atoms with van der Waals surface area (Å²) in [6, 6.07) is 7.93. The Morgan fingerprint density at radius 2 is 1.81 bits per heavy atom. The Balaban J connectivity index is 1.58. The number of hydrogen-bond donors (Lipinski definition) is 1. The molecule has 3 rings (SSSR count). The molecule has 1 aliphatic rings. The first-order valence-electron chi connectivity index (χ1n) is 8.49. The maximum atomic E-state index is 12.6. The summed E-state index contributed by atoms with van der Waals surface area (Å²) in [5.74, 6) is 2.30. The van der Waals surface area contributed by atoms with Crippen molar-refractivity contribution < 1.29 is 9.59 Å². The maximum Gasteiger partial charge on any atom is 0.254 e. The topological polar surface area (TPSA) is 73.5 Å². The molecule has 1 aliphatic heterocycles. The number of amides is 2. The van der Waals surface area contributed by atoms with Crippen LogP contribution in [0.4, 0.5) is 0 Å². The lowest BCUT2D eigenvalue weighted by atomic mass is 10.1. The Labute approximate surface area is 161 Å². The van der Waals surface area contributed by atoms with Crippen LogP contribution in [0.3, 0.4) is 0 Å². The van der Waals surface area contributed by atoms with Crippen molar-refractivity contribution in [3.05, 3.63) is 68.6 Å². The van der Waals surface area contributed by atoms with Gasteiger partial charge in [0.15, 0.2) is 0 Å². The number of terminal acetylenes is 1. The molecule has 1 fully saturated rings. The fourth-order valence-corrected chi connectivity index (χ4v) is 3.18. The molecule has 1 saturated heterocycles. The number of hydrogen-bond acceptors (Lipinski definition) is 3. The molecule has 1 aromatic heterocycles. The standard InChI is InChI=1S/C20H18ClN3O3/c1-2-15-4-5-16(12-17(15)21)20(27)24-9-7-23(8-10-24)19(26)11-14-3-6-18(25)22-13-14/h1,3-6,12-13H,7-11H2,(H,22,25). The maximum absolute atomic E-state index is 12.6. The van der Waals surface area contributed by atoms with Crippen LogP contribution in [0.15, 0.2) is 41.3 Å². The van der Waals surface area contributed by atoms with Gasteiger partial charge in [-0.2, -0.15) is 0 Å². The molecule has 0 atom stereocenters. The van der Waals surface area contributed by atoms with Crippen LogP contribution in [0, 0.1) is 12.3 Å². The summed E-state index contributed by atoms with van der Waals surface area (Å²) in [5.41, 5.74) is 1.58. The lowest BCUT2D eigenvalue weighted by Gasteiger charge is -2.35. The molecule has 138 valence electrons. The van der Waals surface area contributed by atoms with Crippen LogP contribution in [0.2, 0.25) is 5.02 Å². The van der Waals surface area contributed by atoms with Crippen molar-refractivity contribution in [2.45, 2.75) is 6.42 Å². The largest absolute Gasteiger partial charge is 0.339 e. The Bertz CT molecular complexity index is 949.